The van der Waals surface area contributed by atoms with Crippen LogP contribution in [0.15, 0.2) is 66.7 Å². The molecule has 0 spiro atoms. The third-order valence-electron chi connectivity index (χ3n) is 6.95. The van der Waals surface area contributed by atoms with Crippen LogP contribution in [0.4, 0.5) is 5.82 Å². The molecule has 1 aromatic heterocycles. The number of carboxylic acid groups (broad SMARTS) is 1. The quantitative estimate of drug-likeness (QED) is 0.221. The number of fused-ring (bicyclic) bond motifs is 1. The molecule has 0 saturated carbocycles. The van der Waals surface area contributed by atoms with Crippen LogP contribution in [0.3, 0.4) is 0 Å². The Morgan fingerprint density at radius 3 is 2.70 bits per heavy atom. The molecule has 40 heavy (non-hydrogen) atoms. The molecule has 1 atom stereocenters. The van der Waals surface area contributed by atoms with Gasteiger partial charge in [-0.05, 0) is 87.0 Å². The summed E-state index contributed by atoms with van der Waals surface area (Å²) in [7, 11) is 0. The monoisotopic (exact) mass is 564 g/mol. The van der Waals surface area contributed by atoms with Crippen LogP contribution in [0.5, 0.6) is 5.75 Å². The Hall–Kier alpha value is -3.62. The minimum atomic E-state index is -1.07. The molecule has 0 bridgehead atoms. The molecule has 0 fully saturated rings. The van der Waals surface area contributed by atoms with Gasteiger partial charge in [-0.15, -0.1) is 0 Å². The van der Waals surface area contributed by atoms with Gasteiger partial charge in [-0.1, -0.05) is 41.9 Å². The van der Waals surface area contributed by atoms with Gasteiger partial charge in [0.2, 0.25) is 0 Å². The summed E-state index contributed by atoms with van der Waals surface area (Å²) < 4.78 is 5.90. The third kappa shape index (κ3) is 9.24. The Morgan fingerprint density at radius 2 is 1.90 bits per heavy atom. The van der Waals surface area contributed by atoms with Gasteiger partial charge in [0.25, 0.3) is 5.91 Å². The van der Waals surface area contributed by atoms with E-state index >= 15 is 0 Å². The maximum absolute atomic E-state index is 12.6. The van der Waals surface area contributed by atoms with E-state index in [1.54, 1.807) is 18.2 Å². The molecule has 9 heteroatoms. The van der Waals surface area contributed by atoms with E-state index in [0.717, 1.165) is 62.5 Å². The number of nitrogens with one attached hydrogen (secondary N) is 2. The Morgan fingerprint density at radius 1 is 1.05 bits per heavy atom. The van der Waals surface area contributed by atoms with Crippen LogP contribution in [-0.2, 0) is 17.6 Å². The second-order valence-corrected chi connectivity index (χ2v) is 10.4. The number of halogens is 1. The summed E-state index contributed by atoms with van der Waals surface area (Å²) in [6, 6.07) is 19.4. The summed E-state index contributed by atoms with van der Waals surface area (Å²) in [5, 5.41) is 16.2. The largest absolute Gasteiger partial charge is 0.492 e. The minimum absolute atomic E-state index is 0.269. The van der Waals surface area contributed by atoms with Gasteiger partial charge in [0.15, 0.2) is 0 Å². The first-order valence-electron chi connectivity index (χ1n) is 13.9. The molecule has 212 valence electrons. The SMILES string of the molecule is O=C(NC(CCN(CCCCc1ccc2c(n1)NCCC2)CCOc1ccccc1)C(=O)O)c1cccc(Cl)c1. The van der Waals surface area contributed by atoms with Crippen LogP contribution in [0, 0.1) is 0 Å². The van der Waals surface area contributed by atoms with Crippen LogP contribution in [0.2, 0.25) is 5.02 Å². The zero-order chi connectivity index (χ0) is 28.2. The lowest BCUT2D eigenvalue weighted by molar-refractivity contribution is -0.139. The predicted molar refractivity (Wildman–Crippen MR) is 157 cm³/mol. The zero-order valence-electron chi connectivity index (χ0n) is 22.7. The number of pyridine rings is 1. The summed E-state index contributed by atoms with van der Waals surface area (Å²) in [6.45, 7) is 3.39. The maximum Gasteiger partial charge on any atom is 0.326 e. The number of hydrogen-bond donors (Lipinski definition) is 3. The number of carbonyl (C=O) groups is 2. The number of para-hydroxylation sites is 1. The first kappa shape index (κ1) is 29.4. The van der Waals surface area contributed by atoms with Crippen molar-refractivity contribution in [1.29, 1.82) is 0 Å². The molecule has 1 aliphatic heterocycles. The number of rotatable bonds is 15. The van der Waals surface area contributed by atoms with Gasteiger partial charge in [-0.25, -0.2) is 9.78 Å². The number of hydrogen-bond acceptors (Lipinski definition) is 6. The van der Waals surface area contributed by atoms with Gasteiger partial charge in [0, 0.05) is 35.9 Å². The number of ether oxygens (including phenoxy) is 1. The van der Waals surface area contributed by atoms with Crippen molar-refractivity contribution < 1.29 is 19.4 Å². The first-order chi connectivity index (χ1) is 19.5. The van der Waals surface area contributed by atoms with E-state index in [1.807, 2.05) is 30.3 Å². The molecule has 1 aliphatic rings. The molecule has 8 nitrogen and oxygen atoms in total. The number of nitrogens with zero attached hydrogens (tertiary/aromatic N) is 2. The highest BCUT2D eigenvalue weighted by atomic mass is 35.5. The van der Waals surface area contributed by atoms with E-state index in [-0.39, 0.29) is 6.42 Å². The smallest absolute Gasteiger partial charge is 0.326 e. The number of aryl methyl sites for hydroxylation is 2. The molecule has 4 rings (SSSR count). The lowest BCUT2D eigenvalue weighted by Gasteiger charge is -2.24. The molecule has 0 radical (unpaired) electrons. The lowest BCUT2D eigenvalue weighted by atomic mass is 10.1. The zero-order valence-corrected chi connectivity index (χ0v) is 23.4. The van der Waals surface area contributed by atoms with E-state index in [4.69, 9.17) is 21.3 Å². The summed E-state index contributed by atoms with van der Waals surface area (Å²) in [6.07, 6.45) is 5.28. The van der Waals surface area contributed by atoms with Crippen molar-refractivity contribution in [2.24, 2.45) is 0 Å². The molecule has 1 amide bonds. The number of amides is 1. The Kier molecular flexibility index (Phi) is 11.2. The van der Waals surface area contributed by atoms with E-state index < -0.39 is 17.9 Å². The number of benzene rings is 2. The van der Waals surface area contributed by atoms with Crippen LogP contribution < -0.4 is 15.4 Å². The molecule has 1 unspecified atom stereocenters. The van der Waals surface area contributed by atoms with Gasteiger partial charge in [-0.2, -0.15) is 0 Å². The highest BCUT2D eigenvalue weighted by Gasteiger charge is 2.22. The van der Waals surface area contributed by atoms with E-state index in [0.29, 0.717) is 30.3 Å². The number of anilines is 1. The molecular weight excluding hydrogens is 528 g/mol. The van der Waals surface area contributed by atoms with E-state index in [2.05, 4.69) is 27.7 Å². The average molecular weight is 565 g/mol. The van der Waals surface area contributed by atoms with Crippen molar-refractivity contribution in [1.82, 2.24) is 15.2 Å². The van der Waals surface area contributed by atoms with Gasteiger partial charge < -0.3 is 20.5 Å². The Balaban J connectivity index is 1.30. The average Bonchev–Trinajstić information content (AvgIpc) is 2.97. The van der Waals surface area contributed by atoms with Crippen LogP contribution in [-0.4, -0.2) is 65.7 Å². The van der Waals surface area contributed by atoms with Gasteiger partial charge in [0.05, 0.1) is 0 Å². The highest BCUT2D eigenvalue weighted by molar-refractivity contribution is 6.31. The topological polar surface area (TPSA) is 104 Å². The first-order valence-corrected chi connectivity index (χ1v) is 14.3. The van der Waals surface area contributed by atoms with Gasteiger partial charge in [0.1, 0.15) is 24.2 Å². The van der Waals surface area contributed by atoms with Crippen molar-refractivity contribution in [3.8, 4) is 5.75 Å². The third-order valence-corrected chi connectivity index (χ3v) is 7.19. The number of carbonyl (C=O) groups excluding carboxylic acids is 1. The second kappa shape index (κ2) is 15.2. The summed E-state index contributed by atoms with van der Waals surface area (Å²) in [5.41, 5.74) is 2.70. The fourth-order valence-corrected chi connectivity index (χ4v) is 4.92. The fourth-order valence-electron chi connectivity index (χ4n) is 4.73. The van der Waals surface area contributed by atoms with Gasteiger partial charge >= 0.3 is 5.97 Å². The number of aromatic nitrogens is 1. The molecule has 3 aromatic rings. The van der Waals surface area contributed by atoms with Crippen LogP contribution in [0.25, 0.3) is 0 Å². The molecule has 0 aliphatic carbocycles. The molecule has 3 N–H and O–H groups in total. The van der Waals surface area contributed by atoms with Crippen LogP contribution in [0.1, 0.15) is 47.3 Å². The Bertz CT molecular complexity index is 1260. The fraction of sp³-hybridized carbons (Fsp3) is 0.387. The molecule has 2 aromatic carbocycles. The van der Waals surface area contributed by atoms with Gasteiger partial charge in [-0.3, -0.25) is 9.69 Å². The van der Waals surface area contributed by atoms with Crippen molar-refractivity contribution in [2.45, 2.75) is 44.6 Å². The number of aliphatic carboxylic acids is 1. The second-order valence-electron chi connectivity index (χ2n) is 9.96. The van der Waals surface area contributed by atoms with Crippen molar-refractivity contribution in [3.05, 3.63) is 88.6 Å². The molecule has 0 saturated heterocycles. The van der Waals surface area contributed by atoms with Crippen molar-refractivity contribution >= 4 is 29.3 Å². The van der Waals surface area contributed by atoms with Crippen molar-refractivity contribution in [2.75, 3.05) is 38.1 Å². The number of carboxylic acids is 1. The molecule has 2 heterocycles. The summed E-state index contributed by atoms with van der Waals surface area (Å²) in [5.74, 6) is 0.290. The summed E-state index contributed by atoms with van der Waals surface area (Å²) >= 11 is 5.99. The maximum atomic E-state index is 12.6. The highest BCUT2D eigenvalue weighted by Crippen LogP contribution is 2.20. The normalized spacial score (nSPS) is 13.2. The Labute approximate surface area is 240 Å². The number of unbranched alkanes of at least 4 members (excludes halogenated alkanes) is 1. The summed E-state index contributed by atoms with van der Waals surface area (Å²) in [4.78, 5) is 31.6. The van der Waals surface area contributed by atoms with Crippen molar-refractivity contribution in [3.63, 3.8) is 0 Å². The van der Waals surface area contributed by atoms with E-state index in [1.165, 1.54) is 11.6 Å². The van der Waals surface area contributed by atoms with E-state index in [9.17, 15) is 14.7 Å². The minimum Gasteiger partial charge on any atom is -0.492 e. The standard InChI is InChI=1S/C31H37ClN4O4/c32-25-10-6-8-24(22-25)30(37)35-28(31(38)39)16-19-36(20-21-40-27-12-2-1-3-13-27)18-5-4-11-26-15-14-23-9-7-17-33-29(23)34-26/h1-3,6,8,10,12-15,22,28H,4-5,7,9,11,16-21H2,(H,33,34)(H,35,37)(H,38,39). The molecular formula is C31H37ClN4O4. The predicted octanol–water partition coefficient (Wildman–Crippen LogP) is 5.07. The lowest BCUT2D eigenvalue weighted by Crippen LogP contribution is -2.43. The van der Waals surface area contributed by atoms with Crippen LogP contribution >= 0.6 is 11.6 Å².